The van der Waals surface area contributed by atoms with Crippen LogP contribution >= 0.6 is 11.8 Å². The number of likely N-dealkylation sites (N-methyl/N-ethyl adjacent to an activating group) is 1. The van der Waals surface area contributed by atoms with Gasteiger partial charge in [-0.05, 0) is 32.2 Å². The number of hydrogen-bond donors (Lipinski definition) is 1. The molecule has 92 valence electrons. The zero-order valence-corrected chi connectivity index (χ0v) is 11.9. The van der Waals surface area contributed by atoms with Gasteiger partial charge in [0.05, 0.1) is 0 Å². The largest absolute Gasteiger partial charge is 0.315 e. The van der Waals surface area contributed by atoms with Gasteiger partial charge in [-0.1, -0.05) is 20.8 Å². The van der Waals surface area contributed by atoms with E-state index in [1.165, 1.54) is 18.7 Å². The van der Waals surface area contributed by atoms with E-state index in [1.54, 1.807) is 0 Å². The van der Waals surface area contributed by atoms with Crippen LogP contribution in [0.25, 0.3) is 0 Å². The molecule has 0 amide bonds. The van der Waals surface area contributed by atoms with Gasteiger partial charge in [0.15, 0.2) is 0 Å². The van der Waals surface area contributed by atoms with Crippen molar-refractivity contribution in [2.45, 2.75) is 33.2 Å². The van der Waals surface area contributed by atoms with Gasteiger partial charge in [0.25, 0.3) is 0 Å². The first-order valence-corrected chi connectivity index (χ1v) is 7.41. The van der Waals surface area contributed by atoms with Gasteiger partial charge >= 0.3 is 0 Å². The fourth-order valence-electron chi connectivity index (χ4n) is 1.57. The van der Waals surface area contributed by atoms with E-state index in [4.69, 9.17) is 0 Å². The van der Waals surface area contributed by atoms with E-state index in [1.807, 2.05) is 11.8 Å². The van der Waals surface area contributed by atoms with E-state index < -0.39 is 0 Å². The van der Waals surface area contributed by atoms with E-state index in [-0.39, 0.29) is 0 Å². The molecule has 0 rings (SSSR count). The molecule has 0 fully saturated rings. The predicted molar refractivity (Wildman–Crippen MR) is 72.8 cm³/mol. The highest BCUT2D eigenvalue weighted by Gasteiger charge is 2.11. The van der Waals surface area contributed by atoms with Gasteiger partial charge in [-0.15, -0.1) is 0 Å². The molecule has 0 aliphatic rings. The van der Waals surface area contributed by atoms with Crippen molar-refractivity contribution in [2.75, 3.05) is 38.7 Å². The maximum Gasteiger partial charge on any atom is 0.0215 e. The molecule has 1 unspecified atom stereocenters. The van der Waals surface area contributed by atoms with Crippen LogP contribution < -0.4 is 5.32 Å². The molecule has 0 aromatic carbocycles. The summed E-state index contributed by atoms with van der Waals surface area (Å²) in [5.74, 6) is 1.98. The van der Waals surface area contributed by atoms with Crippen molar-refractivity contribution in [3.05, 3.63) is 0 Å². The summed E-state index contributed by atoms with van der Waals surface area (Å²) in [5, 5.41) is 3.54. The zero-order valence-electron chi connectivity index (χ0n) is 11.0. The third-order valence-electron chi connectivity index (χ3n) is 2.68. The first-order valence-electron chi connectivity index (χ1n) is 6.01. The van der Waals surface area contributed by atoms with Crippen LogP contribution in [0.3, 0.4) is 0 Å². The Morgan fingerprint density at radius 3 is 2.40 bits per heavy atom. The Balaban J connectivity index is 3.69. The van der Waals surface area contributed by atoms with E-state index >= 15 is 0 Å². The smallest absolute Gasteiger partial charge is 0.0215 e. The highest BCUT2D eigenvalue weighted by atomic mass is 32.2. The lowest BCUT2D eigenvalue weighted by Crippen LogP contribution is -2.41. The summed E-state index contributed by atoms with van der Waals surface area (Å²) in [6, 6.07) is 0.691. The minimum absolute atomic E-state index is 0.691. The molecule has 2 nitrogen and oxygen atoms in total. The van der Waals surface area contributed by atoms with Crippen molar-refractivity contribution < 1.29 is 0 Å². The summed E-state index contributed by atoms with van der Waals surface area (Å²) in [7, 11) is 2.24. The van der Waals surface area contributed by atoms with Crippen molar-refractivity contribution >= 4 is 11.8 Å². The maximum atomic E-state index is 3.54. The summed E-state index contributed by atoms with van der Waals surface area (Å²) in [4.78, 5) is 2.48. The van der Waals surface area contributed by atoms with Crippen molar-refractivity contribution in [1.29, 1.82) is 0 Å². The lowest BCUT2D eigenvalue weighted by atomic mass is 10.2. The second-order valence-electron chi connectivity index (χ2n) is 4.59. The van der Waals surface area contributed by atoms with Crippen LogP contribution in [0.15, 0.2) is 0 Å². The molecule has 0 heterocycles. The SMILES string of the molecule is CCC(CNCC(C)C)N(C)CCSC. The van der Waals surface area contributed by atoms with Crippen LogP contribution in [0.5, 0.6) is 0 Å². The van der Waals surface area contributed by atoms with Crippen LogP contribution in [0.2, 0.25) is 0 Å². The average Bonchev–Trinajstić information content (AvgIpc) is 2.20. The van der Waals surface area contributed by atoms with Crippen LogP contribution in [-0.4, -0.2) is 49.6 Å². The van der Waals surface area contributed by atoms with E-state index in [2.05, 4.69) is 44.3 Å². The van der Waals surface area contributed by atoms with Crippen LogP contribution in [0, 0.1) is 5.92 Å². The minimum Gasteiger partial charge on any atom is -0.315 e. The highest BCUT2D eigenvalue weighted by Crippen LogP contribution is 2.03. The summed E-state index contributed by atoms with van der Waals surface area (Å²) in [6.45, 7) is 10.2. The minimum atomic E-state index is 0.691. The van der Waals surface area contributed by atoms with E-state index in [0.29, 0.717) is 6.04 Å². The molecule has 0 aliphatic heterocycles. The second kappa shape index (κ2) is 9.49. The Hall–Kier alpha value is 0.270. The van der Waals surface area contributed by atoms with Gasteiger partial charge < -0.3 is 10.2 Å². The third kappa shape index (κ3) is 8.12. The maximum absolute atomic E-state index is 3.54. The Kier molecular flexibility index (Phi) is 9.66. The molecule has 0 spiro atoms. The topological polar surface area (TPSA) is 15.3 Å². The Labute approximate surface area is 100 Å². The first-order chi connectivity index (χ1) is 7.11. The molecule has 0 saturated heterocycles. The average molecular weight is 232 g/mol. The molecule has 0 aliphatic carbocycles. The molecular weight excluding hydrogens is 204 g/mol. The molecule has 0 aromatic rings. The normalized spacial score (nSPS) is 13.8. The fraction of sp³-hybridized carbons (Fsp3) is 1.00. The molecule has 0 radical (unpaired) electrons. The van der Waals surface area contributed by atoms with Gasteiger partial charge in [-0.3, -0.25) is 0 Å². The Bertz CT molecular complexity index is 140. The van der Waals surface area contributed by atoms with E-state index in [9.17, 15) is 0 Å². The van der Waals surface area contributed by atoms with Crippen molar-refractivity contribution in [2.24, 2.45) is 5.92 Å². The molecule has 0 saturated carbocycles. The standard InChI is InChI=1S/C12H28N2S/c1-6-12(10-13-9-11(2)3)14(4)7-8-15-5/h11-13H,6-10H2,1-5H3. The Morgan fingerprint density at radius 1 is 1.27 bits per heavy atom. The molecule has 15 heavy (non-hydrogen) atoms. The molecule has 1 atom stereocenters. The summed E-state index contributed by atoms with van der Waals surface area (Å²) >= 11 is 1.92. The lowest BCUT2D eigenvalue weighted by Gasteiger charge is -2.27. The lowest BCUT2D eigenvalue weighted by molar-refractivity contribution is 0.240. The summed E-state index contributed by atoms with van der Waals surface area (Å²) in [5.41, 5.74) is 0. The number of rotatable bonds is 9. The second-order valence-corrected chi connectivity index (χ2v) is 5.57. The van der Waals surface area contributed by atoms with Gasteiger partial charge in [0, 0.05) is 24.9 Å². The van der Waals surface area contributed by atoms with Crippen molar-refractivity contribution in [3.63, 3.8) is 0 Å². The number of hydrogen-bond acceptors (Lipinski definition) is 3. The molecular formula is C12H28N2S. The third-order valence-corrected chi connectivity index (χ3v) is 3.27. The van der Waals surface area contributed by atoms with Gasteiger partial charge in [-0.25, -0.2) is 0 Å². The molecule has 0 aromatic heterocycles. The van der Waals surface area contributed by atoms with Crippen molar-refractivity contribution in [1.82, 2.24) is 10.2 Å². The number of nitrogens with zero attached hydrogens (tertiary/aromatic N) is 1. The first kappa shape index (κ1) is 15.3. The number of thioether (sulfide) groups is 1. The summed E-state index contributed by atoms with van der Waals surface area (Å²) < 4.78 is 0. The fourth-order valence-corrected chi connectivity index (χ4v) is 2.04. The summed E-state index contributed by atoms with van der Waals surface area (Å²) in [6.07, 6.45) is 3.40. The van der Waals surface area contributed by atoms with Gasteiger partial charge in [-0.2, -0.15) is 11.8 Å². The number of nitrogens with one attached hydrogen (secondary N) is 1. The molecule has 1 N–H and O–H groups in total. The van der Waals surface area contributed by atoms with Crippen LogP contribution in [0.1, 0.15) is 27.2 Å². The zero-order chi connectivity index (χ0) is 11.7. The quantitative estimate of drug-likeness (QED) is 0.657. The monoisotopic (exact) mass is 232 g/mol. The van der Waals surface area contributed by atoms with Crippen LogP contribution in [-0.2, 0) is 0 Å². The molecule has 0 bridgehead atoms. The van der Waals surface area contributed by atoms with Gasteiger partial charge in [0.2, 0.25) is 0 Å². The Morgan fingerprint density at radius 2 is 1.93 bits per heavy atom. The predicted octanol–water partition coefficient (Wildman–Crippen LogP) is 2.31. The van der Waals surface area contributed by atoms with Crippen LogP contribution in [0.4, 0.5) is 0 Å². The molecule has 3 heteroatoms. The van der Waals surface area contributed by atoms with Crippen molar-refractivity contribution in [3.8, 4) is 0 Å². The van der Waals surface area contributed by atoms with Gasteiger partial charge in [0.1, 0.15) is 0 Å². The van der Waals surface area contributed by atoms with E-state index in [0.717, 1.165) is 19.0 Å². The highest BCUT2D eigenvalue weighted by molar-refractivity contribution is 7.98.